The number of benzene rings is 2. The van der Waals surface area contributed by atoms with Gasteiger partial charge < -0.3 is 4.98 Å². The minimum Gasteiger partial charge on any atom is -0.345 e. The van der Waals surface area contributed by atoms with Crippen LogP contribution in [0.15, 0.2) is 72.1 Å². The van der Waals surface area contributed by atoms with E-state index in [1.807, 2.05) is 4.72 Å². The van der Waals surface area contributed by atoms with Crippen molar-refractivity contribution in [3.8, 4) is 11.1 Å². The van der Waals surface area contributed by atoms with Gasteiger partial charge in [-0.05, 0) is 43.3 Å². The van der Waals surface area contributed by atoms with Crippen LogP contribution in [0.1, 0.15) is 21.7 Å². The second-order valence-electron chi connectivity index (χ2n) is 8.02. The maximum Gasteiger partial charge on any atom is 0.262 e. The van der Waals surface area contributed by atoms with Crippen LogP contribution in [0.4, 0.5) is 18.9 Å². The predicted molar refractivity (Wildman–Crippen MR) is 129 cm³/mol. The molecule has 0 radical (unpaired) electrons. The lowest BCUT2D eigenvalue weighted by Crippen LogP contribution is -2.16. The molecular weight excluding hydrogens is 507 g/mol. The largest absolute Gasteiger partial charge is 0.345 e. The van der Waals surface area contributed by atoms with Gasteiger partial charge in [-0.2, -0.15) is 0 Å². The van der Waals surface area contributed by atoms with Crippen LogP contribution < -0.4 is 4.72 Å². The first kappa shape index (κ1) is 24.1. The van der Waals surface area contributed by atoms with Gasteiger partial charge in [0, 0.05) is 46.9 Å². The fourth-order valence-corrected chi connectivity index (χ4v) is 4.79. The SMILES string of the molecule is Cc1ncc(-c2cnc3[nH]cc(C(=O)c4c(F)ccc(NS(=O)(=O)c5cccc(F)c5)c4F)c3c2)cn1. The van der Waals surface area contributed by atoms with E-state index >= 15 is 4.39 Å². The zero-order valence-corrected chi connectivity index (χ0v) is 19.8. The number of carbonyl (C=O) groups excluding carboxylic acids is 1. The molecule has 0 saturated carbocycles. The number of nitrogens with zero attached hydrogens (tertiary/aromatic N) is 3. The number of anilines is 1. The molecule has 3 aromatic heterocycles. The fraction of sp³-hybridized carbons (Fsp3) is 0.0400. The standard InChI is InChI=1S/C25H16F3N5O3S/c1-13-29-10-15(11-30-13)14-7-18-19(12-32-25(18)31-9-14)24(34)22-20(27)5-6-21(23(22)28)33-37(35,36)17-4-2-3-16(26)8-17/h2-12,33H,1H3,(H,31,32). The smallest absolute Gasteiger partial charge is 0.262 e. The van der Waals surface area contributed by atoms with Crippen molar-refractivity contribution in [3.63, 3.8) is 0 Å². The number of aromatic nitrogens is 4. The van der Waals surface area contributed by atoms with Crippen LogP contribution in [-0.4, -0.2) is 34.1 Å². The van der Waals surface area contributed by atoms with Crippen molar-refractivity contribution in [1.82, 2.24) is 19.9 Å². The number of halogens is 3. The van der Waals surface area contributed by atoms with Crippen molar-refractivity contribution in [2.24, 2.45) is 0 Å². The van der Waals surface area contributed by atoms with E-state index in [9.17, 15) is 22.0 Å². The van der Waals surface area contributed by atoms with Crippen molar-refractivity contribution in [2.75, 3.05) is 4.72 Å². The Morgan fingerprint density at radius 2 is 1.68 bits per heavy atom. The lowest BCUT2D eigenvalue weighted by atomic mass is 10.0. The van der Waals surface area contributed by atoms with Gasteiger partial charge in [-0.15, -0.1) is 0 Å². The summed E-state index contributed by atoms with van der Waals surface area (Å²) in [6.45, 7) is 1.73. The Balaban J connectivity index is 1.55. The maximum absolute atomic E-state index is 15.4. The quantitative estimate of drug-likeness (QED) is 0.310. The molecule has 2 aromatic carbocycles. The first-order valence-electron chi connectivity index (χ1n) is 10.7. The van der Waals surface area contributed by atoms with E-state index in [1.54, 1.807) is 25.4 Å². The third kappa shape index (κ3) is 4.54. The number of ketones is 1. The molecule has 0 bridgehead atoms. The lowest BCUT2D eigenvalue weighted by Gasteiger charge is -2.12. The first-order valence-corrected chi connectivity index (χ1v) is 12.2. The van der Waals surface area contributed by atoms with Crippen LogP contribution in [-0.2, 0) is 10.0 Å². The Kier molecular flexibility index (Phi) is 5.96. The molecule has 186 valence electrons. The number of nitrogens with one attached hydrogen (secondary N) is 2. The van der Waals surface area contributed by atoms with Gasteiger partial charge >= 0.3 is 0 Å². The number of sulfonamides is 1. The van der Waals surface area contributed by atoms with E-state index in [2.05, 4.69) is 19.9 Å². The van der Waals surface area contributed by atoms with Crippen molar-refractivity contribution in [2.45, 2.75) is 11.8 Å². The Hall–Kier alpha value is -4.58. The zero-order valence-electron chi connectivity index (χ0n) is 19.0. The molecule has 0 fully saturated rings. The molecule has 12 heteroatoms. The summed E-state index contributed by atoms with van der Waals surface area (Å²) < 4.78 is 70.8. The minimum atomic E-state index is -4.43. The highest BCUT2D eigenvalue weighted by Gasteiger charge is 2.26. The van der Waals surface area contributed by atoms with E-state index in [-0.39, 0.29) is 10.9 Å². The van der Waals surface area contributed by atoms with Gasteiger partial charge in [0.2, 0.25) is 5.78 Å². The average molecular weight is 523 g/mol. The van der Waals surface area contributed by atoms with E-state index in [0.29, 0.717) is 22.6 Å². The van der Waals surface area contributed by atoms with Crippen LogP contribution in [0.3, 0.4) is 0 Å². The van der Waals surface area contributed by atoms with E-state index in [0.717, 1.165) is 30.3 Å². The molecule has 0 amide bonds. The normalized spacial score (nSPS) is 11.6. The Morgan fingerprint density at radius 1 is 0.946 bits per heavy atom. The molecule has 5 aromatic rings. The Morgan fingerprint density at radius 3 is 2.41 bits per heavy atom. The molecule has 37 heavy (non-hydrogen) atoms. The number of rotatable bonds is 6. The first-order chi connectivity index (χ1) is 17.6. The number of pyridine rings is 1. The van der Waals surface area contributed by atoms with Gasteiger partial charge in [0.15, 0.2) is 5.82 Å². The van der Waals surface area contributed by atoms with Crippen LogP contribution in [0.5, 0.6) is 0 Å². The molecule has 0 aliphatic heterocycles. The van der Waals surface area contributed by atoms with Gasteiger partial charge in [-0.3, -0.25) is 9.52 Å². The number of hydrogen-bond acceptors (Lipinski definition) is 6. The highest BCUT2D eigenvalue weighted by atomic mass is 32.2. The van der Waals surface area contributed by atoms with E-state index in [1.165, 1.54) is 18.5 Å². The summed E-state index contributed by atoms with van der Waals surface area (Å²) in [7, 11) is -4.43. The van der Waals surface area contributed by atoms with Crippen LogP contribution in [0.25, 0.3) is 22.2 Å². The third-order valence-corrected chi connectivity index (χ3v) is 6.92. The second kappa shape index (κ2) is 9.13. The van der Waals surface area contributed by atoms with Gasteiger partial charge in [0.05, 0.1) is 16.1 Å². The molecule has 3 heterocycles. The van der Waals surface area contributed by atoms with Crippen LogP contribution >= 0.6 is 0 Å². The summed E-state index contributed by atoms with van der Waals surface area (Å²) in [6, 6.07) is 7.27. The zero-order chi connectivity index (χ0) is 26.3. The van der Waals surface area contributed by atoms with Gasteiger partial charge in [0.25, 0.3) is 10.0 Å². The van der Waals surface area contributed by atoms with Crippen molar-refractivity contribution in [3.05, 3.63) is 102 Å². The summed E-state index contributed by atoms with van der Waals surface area (Å²) in [5.41, 5.74) is -0.248. The summed E-state index contributed by atoms with van der Waals surface area (Å²) >= 11 is 0. The number of aryl methyl sites for hydroxylation is 1. The Bertz CT molecular complexity index is 1790. The van der Waals surface area contributed by atoms with Gasteiger partial charge in [-0.1, -0.05) is 6.07 Å². The molecule has 8 nitrogen and oxygen atoms in total. The molecule has 2 N–H and O–H groups in total. The highest BCUT2D eigenvalue weighted by molar-refractivity contribution is 7.92. The minimum absolute atomic E-state index is 0.0830. The molecule has 0 saturated heterocycles. The maximum atomic E-state index is 15.4. The van der Waals surface area contributed by atoms with Crippen LogP contribution in [0, 0.1) is 24.4 Å². The Labute approximate surface area is 208 Å². The topological polar surface area (TPSA) is 118 Å². The molecule has 0 spiro atoms. The van der Waals surface area contributed by atoms with Crippen molar-refractivity contribution in [1.29, 1.82) is 0 Å². The average Bonchev–Trinajstić information content (AvgIpc) is 3.29. The van der Waals surface area contributed by atoms with E-state index < -0.39 is 49.4 Å². The second-order valence-corrected chi connectivity index (χ2v) is 9.70. The van der Waals surface area contributed by atoms with Crippen molar-refractivity contribution >= 4 is 32.5 Å². The molecule has 0 aliphatic carbocycles. The number of fused-ring (bicyclic) bond motifs is 1. The third-order valence-electron chi connectivity index (χ3n) is 5.56. The summed E-state index contributed by atoms with van der Waals surface area (Å²) in [5, 5.41) is 0.285. The molecular formula is C25H16F3N5O3S. The van der Waals surface area contributed by atoms with E-state index in [4.69, 9.17) is 0 Å². The number of aromatic amines is 1. The molecule has 0 atom stereocenters. The number of carbonyl (C=O) groups is 1. The van der Waals surface area contributed by atoms with Gasteiger partial charge in [-0.25, -0.2) is 36.5 Å². The summed E-state index contributed by atoms with van der Waals surface area (Å²) in [4.78, 5) is 28.1. The molecule has 0 unspecified atom stereocenters. The van der Waals surface area contributed by atoms with Crippen molar-refractivity contribution < 1.29 is 26.4 Å². The molecule has 5 rings (SSSR count). The lowest BCUT2D eigenvalue weighted by molar-refractivity contribution is 0.103. The number of H-pyrrole nitrogens is 1. The molecule has 0 aliphatic rings. The fourth-order valence-electron chi connectivity index (χ4n) is 3.70. The van der Waals surface area contributed by atoms with Gasteiger partial charge in [0.1, 0.15) is 23.1 Å². The number of hydrogen-bond donors (Lipinski definition) is 2. The predicted octanol–water partition coefficient (Wildman–Crippen LogP) is 4.78. The summed E-state index contributed by atoms with van der Waals surface area (Å²) in [6.07, 6.45) is 5.95. The summed E-state index contributed by atoms with van der Waals surface area (Å²) in [5.74, 6) is -3.90. The van der Waals surface area contributed by atoms with Crippen LogP contribution in [0.2, 0.25) is 0 Å². The monoisotopic (exact) mass is 523 g/mol. The highest BCUT2D eigenvalue weighted by Crippen LogP contribution is 2.30.